The Morgan fingerprint density at radius 3 is 2.29 bits per heavy atom. The number of ether oxygens (including phenoxy) is 1. The van der Waals surface area contributed by atoms with Gasteiger partial charge in [-0.25, -0.2) is 14.0 Å². The number of carboxylic acids is 2. The molecule has 3 N–H and O–H groups in total. The van der Waals surface area contributed by atoms with E-state index in [0.29, 0.717) is 17.5 Å². The second-order valence-corrected chi connectivity index (χ2v) is 7.24. The van der Waals surface area contributed by atoms with Crippen molar-refractivity contribution in [2.75, 3.05) is 20.6 Å². The number of benzene rings is 2. The van der Waals surface area contributed by atoms with Crippen molar-refractivity contribution < 1.29 is 34.0 Å². The quantitative estimate of drug-likeness (QED) is 0.617. The van der Waals surface area contributed by atoms with Crippen molar-refractivity contribution in [3.63, 3.8) is 0 Å². The molecule has 2 aromatic carbocycles. The third kappa shape index (κ3) is 5.64. The molecule has 1 aliphatic heterocycles. The van der Waals surface area contributed by atoms with Crippen LogP contribution in [0.25, 0.3) is 0 Å². The van der Waals surface area contributed by atoms with E-state index in [1.807, 2.05) is 20.2 Å². The number of halogens is 1. The van der Waals surface area contributed by atoms with Crippen molar-refractivity contribution in [3.8, 4) is 6.07 Å². The number of nitriles is 1. The van der Waals surface area contributed by atoms with E-state index in [1.165, 1.54) is 12.1 Å². The highest BCUT2D eigenvalue weighted by molar-refractivity contribution is 6.27. The molecule has 31 heavy (non-hydrogen) atoms. The number of carboxylic acid groups (broad SMARTS) is 2. The van der Waals surface area contributed by atoms with E-state index >= 15 is 0 Å². The Labute approximate surface area is 178 Å². The molecular formula is C22H23FN2O6. The second kappa shape index (κ2) is 10.1. The average Bonchev–Trinajstić information content (AvgIpc) is 3.00. The van der Waals surface area contributed by atoms with Crippen LogP contribution in [0.3, 0.4) is 0 Å². The highest BCUT2D eigenvalue weighted by Gasteiger charge is 2.45. The van der Waals surface area contributed by atoms with Crippen LogP contribution < -0.4 is 0 Å². The number of rotatable bonds is 5. The summed E-state index contributed by atoms with van der Waals surface area (Å²) in [4.78, 5) is 20.3. The fraction of sp³-hybridized carbons (Fsp3) is 0.318. The van der Waals surface area contributed by atoms with E-state index in [2.05, 4.69) is 11.0 Å². The SMILES string of the molecule is CN(C)CCCC1(c2ccc(F)cc2)OC(O)c2cc(C#N)ccc21.O=C(O)C(=O)O. The lowest BCUT2D eigenvalue weighted by Gasteiger charge is -2.31. The minimum Gasteiger partial charge on any atom is -0.473 e. The van der Waals surface area contributed by atoms with Gasteiger partial charge in [0.1, 0.15) is 11.4 Å². The van der Waals surface area contributed by atoms with Crippen LogP contribution in [0.2, 0.25) is 0 Å². The van der Waals surface area contributed by atoms with Gasteiger partial charge in [0.05, 0.1) is 11.6 Å². The van der Waals surface area contributed by atoms with Gasteiger partial charge in [0.15, 0.2) is 6.29 Å². The summed E-state index contributed by atoms with van der Waals surface area (Å²) in [6.07, 6.45) is 0.385. The first-order chi connectivity index (χ1) is 14.6. The molecule has 0 spiro atoms. The first kappa shape index (κ1) is 24.0. The third-order valence-electron chi connectivity index (χ3n) is 4.82. The molecule has 8 nitrogen and oxygen atoms in total. The maximum absolute atomic E-state index is 13.4. The Morgan fingerprint density at radius 1 is 1.16 bits per heavy atom. The number of nitrogens with zero attached hydrogens (tertiary/aromatic N) is 2. The monoisotopic (exact) mass is 430 g/mol. The molecule has 0 amide bonds. The largest absolute Gasteiger partial charge is 0.473 e. The Morgan fingerprint density at radius 2 is 1.77 bits per heavy atom. The summed E-state index contributed by atoms with van der Waals surface area (Å²) >= 11 is 0. The van der Waals surface area contributed by atoms with Crippen LogP contribution in [0.5, 0.6) is 0 Å². The molecule has 2 atom stereocenters. The zero-order chi connectivity index (χ0) is 23.2. The minimum absolute atomic E-state index is 0.314. The van der Waals surface area contributed by atoms with Gasteiger partial charge in [-0.2, -0.15) is 5.26 Å². The topological polar surface area (TPSA) is 131 Å². The predicted octanol–water partition coefficient (Wildman–Crippen LogP) is 2.46. The lowest BCUT2D eigenvalue weighted by atomic mass is 9.81. The first-order valence-electron chi connectivity index (χ1n) is 9.38. The van der Waals surface area contributed by atoms with Crippen LogP contribution in [0, 0.1) is 17.1 Å². The van der Waals surface area contributed by atoms with Gasteiger partial charge < -0.3 is 25.0 Å². The maximum atomic E-state index is 13.4. The van der Waals surface area contributed by atoms with Gasteiger partial charge in [-0.1, -0.05) is 18.2 Å². The number of aliphatic hydroxyl groups is 1. The van der Waals surface area contributed by atoms with Crippen LogP contribution in [0.4, 0.5) is 4.39 Å². The predicted molar refractivity (Wildman–Crippen MR) is 107 cm³/mol. The van der Waals surface area contributed by atoms with E-state index in [9.17, 15) is 9.50 Å². The minimum atomic E-state index is -1.82. The molecule has 1 heterocycles. The summed E-state index contributed by atoms with van der Waals surface area (Å²) < 4.78 is 19.4. The molecule has 3 rings (SSSR count). The Balaban J connectivity index is 0.000000501. The number of aliphatic hydroxyl groups excluding tert-OH is 1. The molecule has 0 aliphatic carbocycles. The normalized spacial score (nSPS) is 19.2. The second-order valence-electron chi connectivity index (χ2n) is 7.24. The van der Waals surface area contributed by atoms with Crippen molar-refractivity contribution in [3.05, 3.63) is 70.5 Å². The number of carbonyl (C=O) groups is 2. The zero-order valence-corrected chi connectivity index (χ0v) is 17.1. The van der Waals surface area contributed by atoms with Crippen LogP contribution in [0.1, 0.15) is 41.4 Å². The van der Waals surface area contributed by atoms with Crippen molar-refractivity contribution in [2.24, 2.45) is 0 Å². The van der Waals surface area contributed by atoms with Crippen molar-refractivity contribution in [1.29, 1.82) is 5.26 Å². The number of hydrogen-bond donors (Lipinski definition) is 3. The van der Waals surface area contributed by atoms with Crippen molar-refractivity contribution in [2.45, 2.75) is 24.7 Å². The van der Waals surface area contributed by atoms with E-state index in [4.69, 9.17) is 29.8 Å². The first-order valence-corrected chi connectivity index (χ1v) is 9.38. The molecule has 0 bridgehead atoms. The molecule has 0 fully saturated rings. The summed E-state index contributed by atoms with van der Waals surface area (Å²) in [5, 5.41) is 34.3. The molecule has 2 unspecified atom stereocenters. The standard InChI is InChI=1S/C20H21FN2O2.C2H2O4/c1-23(2)11-3-10-20(15-5-7-16(21)8-6-15)18-9-4-14(13-22)12-17(18)19(24)25-20;3-1(4)2(5)6/h4-9,12,19,24H,3,10-11H2,1-2H3;(H,3,4)(H,5,6). The molecule has 0 radical (unpaired) electrons. The van der Waals surface area contributed by atoms with Gasteiger partial charge in [0.2, 0.25) is 0 Å². The molecule has 1 aliphatic rings. The van der Waals surface area contributed by atoms with Gasteiger partial charge in [-0.3, -0.25) is 0 Å². The fourth-order valence-electron chi connectivity index (χ4n) is 3.45. The van der Waals surface area contributed by atoms with Crippen LogP contribution in [0.15, 0.2) is 42.5 Å². The Bertz CT molecular complexity index is 974. The Hall–Kier alpha value is -3.32. The van der Waals surface area contributed by atoms with E-state index in [1.54, 1.807) is 24.3 Å². The average molecular weight is 430 g/mol. The van der Waals surface area contributed by atoms with Crippen molar-refractivity contribution >= 4 is 11.9 Å². The summed E-state index contributed by atoms with van der Waals surface area (Å²) in [6.45, 7) is 0.869. The van der Waals surface area contributed by atoms with Crippen molar-refractivity contribution in [1.82, 2.24) is 4.90 Å². The molecule has 2 aromatic rings. The van der Waals surface area contributed by atoms with Gasteiger partial charge in [-0.05, 0) is 68.9 Å². The van der Waals surface area contributed by atoms with Gasteiger partial charge in [0.25, 0.3) is 0 Å². The number of fused-ring (bicyclic) bond motifs is 1. The number of aliphatic carboxylic acids is 2. The summed E-state index contributed by atoms with van der Waals surface area (Å²) in [5.41, 5.74) is 1.88. The molecule has 164 valence electrons. The third-order valence-corrected chi connectivity index (χ3v) is 4.82. The fourth-order valence-corrected chi connectivity index (χ4v) is 3.45. The lowest BCUT2D eigenvalue weighted by molar-refractivity contribution is -0.159. The molecule has 9 heteroatoms. The van der Waals surface area contributed by atoms with E-state index in [0.717, 1.165) is 24.1 Å². The van der Waals surface area contributed by atoms with Crippen LogP contribution in [-0.4, -0.2) is 52.8 Å². The summed E-state index contributed by atoms with van der Waals surface area (Å²) in [5.74, 6) is -3.96. The van der Waals surface area contributed by atoms with Gasteiger partial charge in [-0.15, -0.1) is 0 Å². The van der Waals surface area contributed by atoms with Crippen LogP contribution in [-0.2, 0) is 19.9 Å². The molecule has 0 saturated heterocycles. The Kier molecular flexibility index (Phi) is 7.83. The van der Waals surface area contributed by atoms with Gasteiger partial charge in [0, 0.05) is 5.56 Å². The maximum Gasteiger partial charge on any atom is 0.414 e. The highest BCUT2D eigenvalue weighted by atomic mass is 19.1. The zero-order valence-electron chi connectivity index (χ0n) is 17.1. The lowest BCUT2D eigenvalue weighted by Crippen LogP contribution is -2.29. The smallest absolute Gasteiger partial charge is 0.414 e. The van der Waals surface area contributed by atoms with Gasteiger partial charge >= 0.3 is 11.9 Å². The van der Waals surface area contributed by atoms with E-state index < -0.39 is 23.8 Å². The number of hydrogen-bond acceptors (Lipinski definition) is 6. The molecule has 0 aromatic heterocycles. The highest BCUT2D eigenvalue weighted by Crippen LogP contribution is 2.49. The molecular weight excluding hydrogens is 407 g/mol. The molecule has 0 saturated carbocycles. The summed E-state index contributed by atoms with van der Waals surface area (Å²) in [6, 6.07) is 13.5. The van der Waals surface area contributed by atoms with E-state index in [-0.39, 0.29) is 5.82 Å². The van der Waals surface area contributed by atoms with Crippen LogP contribution >= 0.6 is 0 Å². The summed E-state index contributed by atoms with van der Waals surface area (Å²) in [7, 11) is 4.00.